The number of aromatic hydroxyl groups is 1. The third-order valence-corrected chi connectivity index (χ3v) is 1.51. The first-order chi connectivity index (χ1) is 6.19. The summed E-state index contributed by atoms with van der Waals surface area (Å²) in [6, 6.07) is 0. The highest BCUT2D eigenvalue weighted by atomic mass is 16.6. The number of hydrogen-bond donors (Lipinski definition) is 1. The summed E-state index contributed by atoms with van der Waals surface area (Å²) < 4.78 is 9.50. The van der Waals surface area contributed by atoms with Crippen molar-refractivity contribution in [3.05, 3.63) is 16.0 Å². The van der Waals surface area contributed by atoms with Gasteiger partial charge in [0.2, 0.25) is 5.88 Å². The van der Waals surface area contributed by atoms with E-state index in [2.05, 4.69) is 9.40 Å². The highest BCUT2D eigenvalue weighted by Crippen LogP contribution is 2.14. The van der Waals surface area contributed by atoms with Crippen molar-refractivity contribution in [2.45, 2.75) is 20.3 Å². The minimum Gasteiger partial charge on any atom is -0.493 e. The lowest BCUT2D eigenvalue weighted by Gasteiger charge is -2.01. The van der Waals surface area contributed by atoms with Crippen molar-refractivity contribution in [3.63, 3.8) is 0 Å². The molecule has 1 aromatic rings. The Balaban J connectivity index is 3.13. The van der Waals surface area contributed by atoms with Crippen LogP contribution in [-0.4, -0.2) is 16.7 Å². The van der Waals surface area contributed by atoms with Gasteiger partial charge in [0.05, 0.1) is 12.2 Å². The predicted molar refractivity (Wildman–Crippen MR) is 45.0 cm³/mol. The first kappa shape index (κ1) is 9.57. The van der Waals surface area contributed by atoms with E-state index in [1.807, 2.05) is 0 Å². The second-order valence-electron chi connectivity index (χ2n) is 2.36. The number of hydrogen-bond acceptors (Lipinski definition) is 5. The second kappa shape index (κ2) is 3.93. The van der Waals surface area contributed by atoms with Gasteiger partial charge in [0.1, 0.15) is 0 Å². The molecule has 0 radical (unpaired) electrons. The zero-order chi connectivity index (χ0) is 9.84. The van der Waals surface area contributed by atoms with Crippen molar-refractivity contribution in [2.24, 2.45) is 0 Å². The third-order valence-electron chi connectivity index (χ3n) is 1.51. The Morgan fingerprint density at radius 2 is 2.23 bits per heavy atom. The lowest BCUT2D eigenvalue weighted by molar-refractivity contribution is 0.217. The van der Waals surface area contributed by atoms with Crippen LogP contribution in [0, 0.1) is 0 Å². The molecule has 0 fully saturated rings. The summed E-state index contributed by atoms with van der Waals surface area (Å²) in [7, 11) is 0. The maximum Gasteiger partial charge on any atom is 0.399 e. The van der Waals surface area contributed by atoms with Gasteiger partial charge in [0.15, 0.2) is 0 Å². The van der Waals surface area contributed by atoms with Crippen molar-refractivity contribution in [1.82, 2.24) is 4.98 Å². The molecule has 0 bridgehead atoms. The van der Waals surface area contributed by atoms with Crippen molar-refractivity contribution >= 4 is 0 Å². The molecule has 0 spiro atoms. The standard InChI is InChI=1S/C8H11NO4/c1-3-5-6(10)9-8(12-4-2)13-7(5)11/h10H,3-4H2,1-2H3. The molecule has 13 heavy (non-hydrogen) atoms. The zero-order valence-electron chi connectivity index (χ0n) is 7.53. The van der Waals surface area contributed by atoms with Crippen molar-refractivity contribution in [2.75, 3.05) is 6.61 Å². The van der Waals surface area contributed by atoms with Crippen molar-refractivity contribution in [1.29, 1.82) is 0 Å². The zero-order valence-corrected chi connectivity index (χ0v) is 7.53. The number of aromatic nitrogens is 1. The van der Waals surface area contributed by atoms with Gasteiger partial charge in [-0.25, -0.2) is 4.79 Å². The van der Waals surface area contributed by atoms with Gasteiger partial charge >= 0.3 is 11.7 Å². The van der Waals surface area contributed by atoms with Crippen LogP contribution in [0.3, 0.4) is 0 Å². The van der Waals surface area contributed by atoms with E-state index in [1.165, 1.54) is 0 Å². The van der Waals surface area contributed by atoms with Crippen LogP contribution < -0.4 is 10.4 Å². The van der Waals surface area contributed by atoms with Crippen LogP contribution in [-0.2, 0) is 6.42 Å². The molecule has 0 unspecified atom stereocenters. The molecule has 5 nitrogen and oxygen atoms in total. The van der Waals surface area contributed by atoms with Gasteiger partial charge in [-0.2, -0.15) is 0 Å². The topological polar surface area (TPSA) is 72.6 Å². The van der Waals surface area contributed by atoms with Gasteiger partial charge in [0, 0.05) is 0 Å². The predicted octanol–water partition coefficient (Wildman–Crippen LogP) is 0.701. The van der Waals surface area contributed by atoms with Crippen LogP contribution in [0.25, 0.3) is 0 Å². The largest absolute Gasteiger partial charge is 0.493 e. The molecule has 0 atom stereocenters. The molecule has 0 saturated heterocycles. The Hall–Kier alpha value is -1.52. The lowest BCUT2D eigenvalue weighted by atomic mass is 10.3. The Kier molecular flexibility index (Phi) is 2.89. The number of nitrogens with zero attached hydrogens (tertiary/aromatic N) is 1. The van der Waals surface area contributed by atoms with Gasteiger partial charge in [0.25, 0.3) is 0 Å². The third kappa shape index (κ3) is 1.99. The summed E-state index contributed by atoms with van der Waals surface area (Å²) in [5, 5.41) is 9.25. The molecule has 0 aliphatic carbocycles. The van der Waals surface area contributed by atoms with Gasteiger partial charge in [-0.05, 0) is 13.3 Å². The molecular weight excluding hydrogens is 174 g/mol. The lowest BCUT2D eigenvalue weighted by Crippen LogP contribution is -2.09. The van der Waals surface area contributed by atoms with Crippen molar-refractivity contribution in [3.8, 4) is 12.0 Å². The van der Waals surface area contributed by atoms with Crippen molar-refractivity contribution < 1.29 is 14.3 Å². The molecule has 1 aromatic heterocycles. The summed E-state index contributed by atoms with van der Waals surface area (Å²) >= 11 is 0. The second-order valence-corrected chi connectivity index (χ2v) is 2.36. The Bertz CT molecular complexity index is 344. The Morgan fingerprint density at radius 3 is 2.69 bits per heavy atom. The van der Waals surface area contributed by atoms with E-state index < -0.39 is 5.63 Å². The van der Waals surface area contributed by atoms with E-state index in [0.29, 0.717) is 13.0 Å². The van der Waals surface area contributed by atoms with Gasteiger partial charge in [-0.3, -0.25) is 0 Å². The first-order valence-electron chi connectivity index (χ1n) is 4.04. The molecule has 72 valence electrons. The van der Waals surface area contributed by atoms with E-state index in [0.717, 1.165) is 0 Å². The Morgan fingerprint density at radius 1 is 1.54 bits per heavy atom. The minimum absolute atomic E-state index is 0.170. The van der Waals surface area contributed by atoms with E-state index >= 15 is 0 Å². The Labute approximate surface area is 75.0 Å². The average Bonchev–Trinajstić information content (AvgIpc) is 2.04. The van der Waals surface area contributed by atoms with E-state index in [1.54, 1.807) is 13.8 Å². The molecule has 1 rings (SSSR count). The fraction of sp³-hybridized carbons (Fsp3) is 0.500. The maximum atomic E-state index is 11.1. The van der Waals surface area contributed by atoms with Crippen LogP contribution in [0.4, 0.5) is 0 Å². The minimum atomic E-state index is -0.599. The normalized spacial score (nSPS) is 10.0. The van der Waals surface area contributed by atoms with E-state index in [9.17, 15) is 9.90 Å². The van der Waals surface area contributed by atoms with Crippen LogP contribution in [0.15, 0.2) is 9.21 Å². The van der Waals surface area contributed by atoms with Gasteiger partial charge < -0.3 is 14.3 Å². The average molecular weight is 185 g/mol. The fourth-order valence-electron chi connectivity index (χ4n) is 0.897. The van der Waals surface area contributed by atoms with E-state index in [4.69, 9.17) is 4.74 Å². The van der Waals surface area contributed by atoms with Crippen LogP contribution in [0.2, 0.25) is 0 Å². The van der Waals surface area contributed by atoms with Gasteiger partial charge in [-0.15, -0.1) is 4.98 Å². The van der Waals surface area contributed by atoms with Gasteiger partial charge in [-0.1, -0.05) is 6.92 Å². The highest BCUT2D eigenvalue weighted by molar-refractivity contribution is 5.21. The molecule has 1 N–H and O–H groups in total. The smallest absolute Gasteiger partial charge is 0.399 e. The van der Waals surface area contributed by atoms with Crippen LogP contribution in [0.5, 0.6) is 12.0 Å². The van der Waals surface area contributed by atoms with Crippen LogP contribution >= 0.6 is 0 Å². The summed E-state index contributed by atoms with van der Waals surface area (Å²) in [4.78, 5) is 14.7. The molecule has 0 saturated carbocycles. The fourth-order valence-corrected chi connectivity index (χ4v) is 0.897. The number of ether oxygens (including phenoxy) is 1. The first-order valence-corrected chi connectivity index (χ1v) is 4.04. The SMILES string of the molecule is CCOc1nc(O)c(CC)c(=O)o1. The van der Waals surface area contributed by atoms with E-state index in [-0.39, 0.29) is 17.5 Å². The number of rotatable bonds is 3. The molecule has 0 aliphatic heterocycles. The molecule has 0 amide bonds. The summed E-state index contributed by atoms with van der Waals surface area (Å²) in [6.07, 6.45) is 0.190. The maximum absolute atomic E-state index is 11.1. The quantitative estimate of drug-likeness (QED) is 0.750. The molecular formula is C8H11NO4. The molecule has 1 heterocycles. The highest BCUT2D eigenvalue weighted by Gasteiger charge is 2.10. The summed E-state index contributed by atoms with van der Waals surface area (Å²) in [5.74, 6) is -0.317. The summed E-state index contributed by atoms with van der Waals surface area (Å²) in [6.45, 7) is 3.79. The molecule has 5 heteroatoms. The summed E-state index contributed by atoms with van der Waals surface area (Å²) in [5.41, 5.74) is -0.429. The molecule has 0 aromatic carbocycles. The monoisotopic (exact) mass is 185 g/mol. The van der Waals surface area contributed by atoms with Crippen LogP contribution in [0.1, 0.15) is 19.4 Å². The molecule has 0 aliphatic rings.